The Hall–Kier alpha value is -2.37. The van der Waals surface area contributed by atoms with Crippen LogP contribution in [0.4, 0.5) is 0 Å². The Labute approximate surface area is 148 Å². The van der Waals surface area contributed by atoms with Gasteiger partial charge in [0.1, 0.15) is 5.75 Å². The molecule has 1 aromatic heterocycles. The standard InChI is InChI=1S/C19H25N3O3/c1-13-6-7-17(11-14(13)2)24-10-8-18(23)22-9-4-5-16(12-22)19-20-15(3)21-25-19/h6-7,11,16H,4-5,8-10,12H2,1-3H3. The van der Waals surface area contributed by atoms with Crippen molar-refractivity contribution in [3.63, 3.8) is 0 Å². The van der Waals surface area contributed by atoms with E-state index in [1.807, 2.05) is 30.0 Å². The fourth-order valence-electron chi connectivity index (χ4n) is 3.10. The highest BCUT2D eigenvalue weighted by Crippen LogP contribution is 2.26. The molecule has 0 radical (unpaired) electrons. The molecule has 2 heterocycles. The lowest BCUT2D eigenvalue weighted by molar-refractivity contribution is -0.133. The summed E-state index contributed by atoms with van der Waals surface area (Å²) in [6, 6.07) is 5.99. The van der Waals surface area contributed by atoms with Crippen molar-refractivity contribution in [2.45, 2.75) is 46.0 Å². The maximum atomic E-state index is 12.5. The molecular weight excluding hydrogens is 318 g/mol. The van der Waals surface area contributed by atoms with Crippen LogP contribution in [0.1, 0.15) is 48.0 Å². The monoisotopic (exact) mass is 343 g/mol. The Morgan fingerprint density at radius 2 is 2.16 bits per heavy atom. The van der Waals surface area contributed by atoms with E-state index in [2.05, 4.69) is 24.0 Å². The van der Waals surface area contributed by atoms with Crippen LogP contribution in [0.5, 0.6) is 5.75 Å². The van der Waals surface area contributed by atoms with E-state index in [-0.39, 0.29) is 11.8 Å². The number of aryl methyl sites for hydroxylation is 3. The number of rotatable bonds is 5. The molecule has 25 heavy (non-hydrogen) atoms. The van der Waals surface area contributed by atoms with Gasteiger partial charge in [0.2, 0.25) is 11.8 Å². The van der Waals surface area contributed by atoms with Crippen LogP contribution in [0.25, 0.3) is 0 Å². The van der Waals surface area contributed by atoms with Crippen LogP contribution in [0, 0.1) is 20.8 Å². The fraction of sp³-hybridized carbons (Fsp3) is 0.526. The predicted octanol–water partition coefficient (Wildman–Crippen LogP) is 3.17. The molecule has 1 amide bonds. The summed E-state index contributed by atoms with van der Waals surface area (Å²) in [5, 5.41) is 3.85. The minimum absolute atomic E-state index is 0.116. The molecule has 0 aliphatic carbocycles. The van der Waals surface area contributed by atoms with E-state index in [4.69, 9.17) is 9.26 Å². The molecule has 2 aromatic rings. The third-order valence-electron chi connectivity index (χ3n) is 4.73. The molecule has 1 aliphatic heterocycles. The van der Waals surface area contributed by atoms with Gasteiger partial charge in [0, 0.05) is 13.1 Å². The van der Waals surface area contributed by atoms with E-state index < -0.39 is 0 Å². The van der Waals surface area contributed by atoms with E-state index in [0.717, 1.165) is 25.1 Å². The molecule has 6 nitrogen and oxygen atoms in total. The molecule has 3 rings (SSSR count). The first kappa shape index (κ1) is 17.5. The zero-order valence-electron chi connectivity index (χ0n) is 15.1. The Morgan fingerprint density at radius 1 is 1.32 bits per heavy atom. The number of piperidine rings is 1. The molecule has 1 aliphatic rings. The van der Waals surface area contributed by atoms with Gasteiger partial charge in [-0.25, -0.2) is 0 Å². The summed E-state index contributed by atoms with van der Waals surface area (Å²) in [4.78, 5) is 18.7. The van der Waals surface area contributed by atoms with Crippen molar-refractivity contribution in [2.24, 2.45) is 0 Å². The molecule has 6 heteroatoms. The quantitative estimate of drug-likeness (QED) is 0.834. The van der Waals surface area contributed by atoms with Crippen molar-refractivity contribution in [2.75, 3.05) is 19.7 Å². The highest BCUT2D eigenvalue weighted by molar-refractivity contribution is 5.76. The largest absolute Gasteiger partial charge is 0.493 e. The second kappa shape index (κ2) is 7.68. The van der Waals surface area contributed by atoms with Gasteiger partial charge < -0.3 is 14.2 Å². The zero-order valence-corrected chi connectivity index (χ0v) is 15.1. The molecule has 0 saturated carbocycles. The van der Waals surface area contributed by atoms with Gasteiger partial charge in [0.05, 0.1) is 18.9 Å². The number of carbonyl (C=O) groups excluding carboxylic acids is 1. The minimum atomic E-state index is 0.116. The van der Waals surface area contributed by atoms with Crippen molar-refractivity contribution in [1.29, 1.82) is 0 Å². The first-order valence-corrected chi connectivity index (χ1v) is 8.81. The van der Waals surface area contributed by atoms with E-state index >= 15 is 0 Å². The second-order valence-corrected chi connectivity index (χ2v) is 6.70. The van der Waals surface area contributed by atoms with Gasteiger partial charge in [-0.1, -0.05) is 11.2 Å². The van der Waals surface area contributed by atoms with Gasteiger partial charge in [-0.2, -0.15) is 4.98 Å². The van der Waals surface area contributed by atoms with Gasteiger partial charge in [-0.05, 0) is 56.9 Å². The van der Waals surface area contributed by atoms with Crippen LogP contribution in [0.2, 0.25) is 0 Å². The fourth-order valence-corrected chi connectivity index (χ4v) is 3.10. The Balaban J connectivity index is 1.49. The van der Waals surface area contributed by atoms with E-state index in [1.165, 1.54) is 11.1 Å². The SMILES string of the molecule is Cc1noc(C2CCCN(C(=O)CCOc3ccc(C)c(C)c3)C2)n1. The molecule has 0 spiro atoms. The number of benzene rings is 1. The van der Waals surface area contributed by atoms with E-state index in [0.29, 0.717) is 31.3 Å². The van der Waals surface area contributed by atoms with Crippen LogP contribution in [0.3, 0.4) is 0 Å². The lowest BCUT2D eigenvalue weighted by Crippen LogP contribution is -2.39. The van der Waals surface area contributed by atoms with Crippen molar-refractivity contribution in [3.8, 4) is 5.75 Å². The third kappa shape index (κ3) is 4.38. The smallest absolute Gasteiger partial charge is 0.231 e. The Bertz CT molecular complexity index is 741. The number of aromatic nitrogens is 2. The highest BCUT2D eigenvalue weighted by Gasteiger charge is 2.28. The molecule has 1 unspecified atom stereocenters. The second-order valence-electron chi connectivity index (χ2n) is 6.70. The van der Waals surface area contributed by atoms with E-state index in [9.17, 15) is 4.79 Å². The first-order valence-electron chi connectivity index (χ1n) is 8.81. The lowest BCUT2D eigenvalue weighted by atomic mass is 9.98. The third-order valence-corrected chi connectivity index (χ3v) is 4.73. The van der Waals surface area contributed by atoms with Gasteiger partial charge in [0.15, 0.2) is 5.82 Å². The number of hydrogen-bond acceptors (Lipinski definition) is 5. The average molecular weight is 343 g/mol. The first-order chi connectivity index (χ1) is 12.0. The number of ether oxygens (including phenoxy) is 1. The van der Waals surface area contributed by atoms with Crippen LogP contribution >= 0.6 is 0 Å². The molecule has 134 valence electrons. The maximum absolute atomic E-state index is 12.5. The summed E-state index contributed by atoms with van der Waals surface area (Å²) < 4.78 is 11.0. The number of likely N-dealkylation sites (tertiary alicyclic amines) is 1. The topological polar surface area (TPSA) is 68.5 Å². The molecule has 1 saturated heterocycles. The summed E-state index contributed by atoms with van der Waals surface area (Å²) in [6.07, 6.45) is 2.31. The summed E-state index contributed by atoms with van der Waals surface area (Å²) in [5.41, 5.74) is 2.43. The molecular formula is C19H25N3O3. The van der Waals surface area contributed by atoms with Crippen molar-refractivity contribution < 1.29 is 14.1 Å². The Kier molecular flexibility index (Phi) is 5.36. The normalized spacial score (nSPS) is 17.6. The Morgan fingerprint density at radius 3 is 2.88 bits per heavy atom. The minimum Gasteiger partial charge on any atom is -0.493 e. The zero-order chi connectivity index (χ0) is 17.8. The summed E-state index contributed by atoms with van der Waals surface area (Å²) in [5.74, 6) is 2.35. The van der Waals surface area contributed by atoms with Crippen molar-refractivity contribution in [3.05, 3.63) is 41.0 Å². The van der Waals surface area contributed by atoms with Crippen LogP contribution in [0.15, 0.2) is 22.7 Å². The molecule has 0 N–H and O–H groups in total. The van der Waals surface area contributed by atoms with Gasteiger partial charge >= 0.3 is 0 Å². The van der Waals surface area contributed by atoms with Crippen LogP contribution in [-0.4, -0.2) is 40.6 Å². The maximum Gasteiger partial charge on any atom is 0.231 e. The molecule has 1 fully saturated rings. The van der Waals surface area contributed by atoms with Crippen molar-refractivity contribution in [1.82, 2.24) is 15.0 Å². The molecule has 1 aromatic carbocycles. The number of amides is 1. The molecule has 1 atom stereocenters. The van der Waals surface area contributed by atoms with Gasteiger partial charge in [-0.15, -0.1) is 0 Å². The van der Waals surface area contributed by atoms with Gasteiger partial charge in [-0.3, -0.25) is 4.79 Å². The predicted molar refractivity (Wildman–Crippen MR) is 93.6 cm³/mol. The number of nitrogens with zero attached hydrogens (tertiary/aromatic N) is 3. The van der Waals surface area contributed by atoms with Crippen LogP contribution in [-0.2, 0) is 4.79 Å². The van der Waals surface area contributed by atoms with Gasteiger partial charge in [0.25, 0.3) is 0 Å². The summed E-state index contributed by atoms with van der Waals surface area (Å²) >= 11 is 0. The molecule has 0 bridgehead atoms. The average Bonchev–Trinajstić information content (AvgIpc) is 3.04. The van der Waals surface area contributed by atoms with Crippen LogP contribution < -0.4 is 4.74 Å². The number of hydrogen-bond donors (Lipinski definition) is 0. The highest BCUT2D eigenvalue weighted by atomic mass is 16.5. The summed E-state index contributed by atoms with van der Waals surface area (Å²) in [6.45, 7) is 7.75. The lowest BCUT2D eigenvalue weighted by Gasteiger charge is -2.31. The van der Waals surface area contributed by atoms with Crippen molar-refractivity contribution >= 4 is 5.91 Å². The summed E-state index contributed by atoms with van der Waals surface area (Å²) in [7, 11) is 0. The number of carbonyl (C=O) groups is 1. The van der Waals surface area contributed by atoms with E-state index in [1.54, 1.807) is 0 Å².